The lowest BCUT2D eigenvalue weighted by Gasteiger charge is -2.27. The highest BCUT2D eigenvalue weighted by Crippen LogP contribution is 2.22. The molecular weight excluding hydrogens is 843 g/mol. The third kappa shape index (κ3) is 46.7. The molecule has 0 aliphatic rings. The van der Waals surface area contributed by atoms with Gasteiger partial charge in [-0.15, -0.1) is 0 Å². The van der Waals surface area contributed by atoms with E-state index in [2.05, 4.69) is 56.7 Å². The molecule has 0 heterocycles. The standard InChI is InChI=1S/C60H119N3O5/c1-7-13-18-23-26-32-43-56(41-30-21-16-10-4)54-67-59(65)46-35-28-38-50-63(53-52-62(12-6)49-40-37-48-61-58(64)45-34-25-20-15-9-3)51-39-29-36-47-60(66)68-55-57(42-31-22-17-11-5)44-33-27-24-19-14-8-2/h56-57H,7-55H2,1-6H3,(H,61,64). The Morgan fingerprint density at radius 3 is 1.10 bits per heavy atom. The molecule has 68 heavy (non-hydrogen) atoms. The van der Waals surface area contributed by atoms with Gasteiger partial charge in [0, 0.05) is 38.9 Å². The Bertz CT molecular complexity index is 1020. The van der Waals surface area contributed by atoms with Crippen molar-refractivity contribution >= 4 is 17.8 Å². The lowest BCUT2D eigenvalue weighted by atomic mass is 9.95. The van der Waals surface area contributed by atoms with E-state index in [-0.39, 0.29) is 17.8 Å². The Balaban J connectivity index is 4.99. The van der Waals surface area contributed by atoms with Gasteiger partial charge in [0.2, 0.25) is 5.91 Å². The summed E-state index contributed by atoms with van der Waals surface area (Å²) in [4.78, 5) is 43.3. The fourth-order valence-corrected chi connectivity index (χ4v) is 9.61. The Morgan fingerprint density at radius 1 is 0.353 bits per heavy atom. The quantitative estimate of drug-likeness (QED) is 0.0480. The Morgan fingerprint density at radius 2 is 0.676 bits per heavy atom. The first-order valence-corrected chi connectivity index (χ1v) is 30.4. The number of ether oxygens (including phenoxy) is 2. The summed E-state index contributed by atoms with van der Waals surface area (Å²) in [6.07, 6.45) is 46.5. The zero-order valence-corrected chi connectivity index (χ0v) is 46.7. The molecule has 0 aromatic heterocycles. The normalized spacial score (nSPS) is 12.5. The first kappa shape index (κ1) is 66.3. The molecule has 0 aromatic rings. The maximum absolute atomic E-state index is 12.9. The molecule has 2 atom stereocenters. The molecule has 0 aliphatic carbocycles. The number of carbonyl (C=O) groups is 3. The van der Waals surface area contributed by atoms with E-state index in [1.54, 1.807) is 0 Å². The second-order valence-corrected chi connectivity index (χ2v) is 21.0. The van der Waals surface area contributed by atoms with Gasteiger partial charge in [0.15, 0.2) is 0 Å². The molecule has 0 aromatic carbocycles. The highest BCUT2D eigenvalue weighted by atomic mass is 16.5. The number of esters is 2. The predicted molar refractivity (Wildman–Crippen MR) is 294 cm³/mol. The van der Waals surface area contributed by atoms with Crippen molar-refractivity contribution in [3.8, 4) is 0 Å². The van der Waals surface area contributed by atoms with E-state index in [0.29, 0.717) is 44.3 Å². The van der Waals surface area contributed by atoms with Gasteiger partial charge in [-0.3, -0.25) is 14.4 Å². The van der Waals surface area contributed by atoms with Gasteiger partial charge in [0.1, 0.15) is 0 Å². The van der Waals surface area contributed by atoms with Gasteiger partial charge < -0.3 is 24.6 Å². The third-order valence-corrected chi connectivity index (χ3v) is 14.4. The number of hydrogen-bond acceptors (Lipinski definition) is 7. The molecule has 0 rings (SSSR count). The molecule has 0 spiro atoms. The van der Waals surface area contributed by atoms with Crippen LogP contribution in [0.15, 0.2) is 0 Å². The molecule has 8 nitrogen and oxygen atoms in total. The largest absolute Gasteiger partial charge is 0.465 e. The summed E-state index contributed by atoms with van der Waals surface area (Å²) >= 11 is 0. The lowest BCUT2D eigenvalue weighted by Crippen LogP contribution is -2.37. The number of amides is 1. The van der Waals surface area contributed by atoms with Crippen LogP contribution in [0.5, 0.6) is 0 Å². The van der Waals surface area contributed by atoms with Gasteiger partial charge in [0.05, 0.1) is 13.2 Å². The van der Waals surface area contributed by atoms with Crippen LogP contribution in [0.2, 0.25) is 0 Å². The topological polar surface area (TPSA) is 88.2 Å². The minimum atomic E-state index is -0.0113. The van der Waals surface area contributed by atoms with Crippen molar-refractivity contribution in [1.82, 2.24) is 15.1 Å². The summed E-state index contributed by atoms with van der Waals surface area (Å²) in [6, 6.07) is 0. The average Bonchev–Trinajstić information content (AvgIpc) is 3.34. The van der Waals surface area contributed by atoms with Crippen LogP contribution in [0.4, 0.5) is 0 Å². The van der Waals surface area contributed by atoms with Crippen LogP contribution in [0.25, 0.3) is 0 Å². The molecule has 0 saturated carbocycles. The summed E-state index contributed by atoms with van der Waals surface area (Å²) in [7, 11) is 0. The summed E-state index contributed by atoms with van der Waals surface area (Å²) in [5.41, 5.74) is 0. The SMILES string of the molecule is CCCCCCCCC(CCCCCC)COC(=O)CCCCCN(CCCCCC(=O)OCC(CCCCCC)CCCCCCCC)CCN(CC)CCCCNC(=O)CCCCCCC. The van der Waals surface area contributed by atoms with Crippen molar-refractivity contribution in [3.05, 3.63) is 0 Å². The number of carbonyl (C=O) groups excluding carboxylic acids is 3. The molecule has 0 saturated heterocycles. The fraction of sp³-hybridized carbons (Fsp3) is 0.950. The van der Waals surface area contributed by atoms with Gasteiger partial charge in [-0.2, -0.15) is 0 Å². The van der Waals surface area contributed by atoms with E-state index in [0.717, 1.165) is 110 Å². The van der Waals surface area contributed by atoms with E-state index < -0.39 is 0 Å². The molecule has 2 unspecified atom stereocenters. The maximum Gasteiger partial charge on any atom is 0.305 e. The Hall–Kier alpha value is -1.67. The zero-order valence-electron chi connectivity index (χ0n) is 46.7. The second kappa shape index (κ2) is 53.1. The molecule has 0 aliphatic heterocycles. The highest BCUT2D eigenvalue weighted by molar-refractivity contribution is 5.75. The van der Waals surface area contributed by atoms with Crippen LogP contribution in [0, 0.1) is 11.8 Å². The number of rotatable bonds is 55. The first-order chi connectivity index (χ1) is 33.3. The van der Waals surface area contributed by atoms with Crippen LogP contribution in [0.1, 0.15) is 298 Å². The monoisotopic (exact) mass is 962 g/mol. The minimum absolute atomic E-state index is 0.0113. The highest BCUT2D eigenvalue weighted by Gasteiger charge is 2.15. The van der Waals surface area contributed by atoms with Gasteiger partial charge in [0.25, 0.3) is 0 Å². The van der Waals surface area contributed by atoms with Crippen molar-refractivity contribution in [3.63, 3.8) is 0 Å². The molecule has 1 N–H and O–H groups in total. The second-order valence-electron chi connectivity index (χ2n) is 21.0. The molecule has 1 amide bonds. The first-order valence-electron chi connectivity index (χ1n) is 30.4. The number of likely N-dealkylation sites (N-methyl/N-ethyl adjacent to an activating group) is 1. The number of nitrogens with one attached hydrogen (secondary N) is 1. The summed E-state index contributed by atoms with van der Waals surface area (Å²) in [6.45, 7) is 21.8. The zero-order chi connectivity index (χ0) is 49.8. The lowest BCUT2D eigenvalue weighted by molar-refractivity contribution is -0.146. The van der Waals surface area contributed by atoms with Gasteiger partial charge >= 0.3 is 11.9 Å². The summed E-state index contributed by atoms with van der Waals surface area (Å²) in [5, 5.41) is 3.15. The molecule has 8 heteroatoms. The van der Waals surface area contributed by atoms with E-state index in [1.165, 1.54) is 173 Å². The van der Waals surface area contributed by atoms with E-state index in [1.807, 2.05) is 0 Å². The van der Waals surface area contributed by atoms with Crippen LogP contribution in [0.3, 0.4) is 0 Å². The Kier molecular flexibility index (Phi) is 51.8. The van der Waals surface area contributed by atoms with Gasteiger partial charge in [-0.05, 0) is 109 Å². The number of nitrogens with zero attached hydrogens (tertiary/aromatic N) is 2. The van der Waals surface area contributed by atoms with Gasteiger partial charge in [-0.25, -0.2) is 0 Å². The minimum Gasteiger partial charge on any atom is -0.465 e. The molecule has 0 radical (unpaired) electrons. The van der Waals surface area contributed by atoms with Crippen molar-refractivity contribution in [1.29, 1.82) is 0 Å². The summed E-state index contributed by atoms with van der Waals surface area (Å²) < 4.78 is 11.8. The third-order valence-electron chi connectivity index (χ3n) is 14.4. The molecule has 404 valence electrons. The van der Waals surface area contributed by atoms with Crippen LogP contribution >= 0.6 is 0 Å². The molecular formula is C60H119N3O5. The smallest absolute Gasteiger partial charge is 0.305 e. The number of unbranched alkanes of at least 4 members (excludes halogenated alkanes) is 25. The van der Waals surface area contributed by atoms with Crippen molar-refractivity contribution in [2.45, 2.75) is 298 Å². The van der Waals surface area contributed by atoms with Crippen LogP contribution < -0.4 is 5.32 Å². The number of hydrogen-bond donors (Lipinski definition) is 1. The predicted octanol–water partition coefficient (Wildman–Crippen LogP) is 16.7. The van der Waals surface area contributed by atoms with Crippen molar-refractivity contribution in [2.24, 2.45) is 11.8 Å². The van der Waals surface area contributed by atoms with Crippen molar-refractivity contribution in [2.75, 3.05) is 59.0 Å². The fourth-order valence-electron chi connectivity index (χ4n) is 9.61. The van der Waals surface area contributed by atoms with Gasteiger partial charge in [-0.1, -0.05) is 208 Å². The summed E-state index contributed by atoms with van der Waals surface area (Å²) in [5.74, 6) is 1.21. The average molecular weight is 963 g/mol. The van der Waals surface area contributed by atoms with E-state index >= 15 is 0 Å². The van der Waals surface area contributed by atoms with Crippen LogP contribution in [-0.4, -0.2) is 86.7 Å². The molecule has 0 fully saturated rings. The van der Waals surface area contributed by atoms with Crippen LogP contribution in [-0.2, 0) is 23.9 Å². The van der Waals surface area contributed by atoms with Crippen molar-refractivity contribution < 1.29 is 23.9 Å². The molecule has 0 bridgehead atoms. The van der Waals surface area contributed by atoms with E-state index in [4.69, 9.17) is 9.47 Å². The Labute approximate surface area is 424 Å². The van der Waals surface area contributed by atoms with E-state index in [9.17, 15) is 14.4 Å². The maximum atomic E-state index is 12.9.